The standard InChI is InChI=1S/C13H14N2O2/c16-7-3-4-8-17-13-6-2-1-5-11(13)12-9-14-10-15-12/h1-2,5-7,9-10H,3-4,8H2,(H,14,15). The molecule has 0 bridgehead atoms. The third kappa shape index (κ3) is 2.93. The molecule has 0 aliphatic rings. The van der Waals surface area contributed by atoms with Gasteiger partial charge in [-0.05, 0) is 18.6 Å². The lowest BCUT2D eigenvalue weighted by Gasteiger charge is -2.09. The molecule has 0 fully saturated rings. The van der Waals surface area contributed by atoms with E-state index in [1.54, 1.807) is 12.5 Å². The number of aromatic nitrogens is 2. The smallest absolute Gasteiger partial charge is 0.128 e. The van der Waals surface area contributed by atoms with Gasteiger partial charge in [0, 0.05) is 12.0 Å². The van der Waals surface area contributed by atoms with Gasteiger partial charge in [0.15, 0.2) is 0 Å². The van der Waals surface area contributed by atoms with Crippen molar-refractivity contribution >= 4 is 6.29 Å². The number of benzene rings is 1. The van der Waals surface area contributed by atoms with Crippen LogP contribution < -0.4 is 4.74 Å². The monoisotopic (exact) mass is 230 g/mol. The van der Waals surface area contributed by atoms with E-state index in [0.717, 1.165) is 29.7 Å². The summed E-state index contributed by atoms with van der Waals surface area (Å²) in [5.41, 5.74) is 1.91. The number of nitrogens with one attached hydrogen (secondary N) is 1. The van der Waals surface area contributed by atoms with Gasteiger partial charge in [-0.2, -0.15) is 0 Å². The Kier molecular flexibility index (Phi) is 3.91. The number of hydrogen-bond donors (Lipinski definition) is 1. The Balaban J connectivity index is 2.09. The van der Waals surface area contributed by atoms with Gasteiger partial charge in [-0.15, -0.1) is 0 Å². The average Bonchev–Trinajstić information content (AvgIpc) is 2.89. The zero-order chi connectivity index (χ0) is 11.9. The van der Waals surface area contributed by atoms with Gasteiger partial charge in [0.1, 0.15) is 12.0 Å². The first kappa shape index (κ1) is 11.4. The van der Waals surface area contributed by atoms with Crippen LogP contribution in [0.4, 0.5) is 0 Å². The highest BCUT2D eigenvalue weighted by atomic mass is 16.5. The number of carbonyl (C=O) groups is 1. The van der Waals surface area contributed by atoms with Crippen LogP contribution in [0.25, 0.3) is 11.3 Å². The van der Waals surface area contributed by atoms with E-state index in [1.807, 2.05) is 24.3 Å². The first-order chi connectivity index (χ1) is 8.42. The van der Waals surface area contributed by atoms with Crippen molar-refractivity contribution in [2.45, 2.75) is 12.8 Å². The Labute approximate surface area is 99.7 Å². The van der Waals surface area contributed by atoms with E-state index in [4.69, 9.17) is 4.74 Å². The highest BCUT2D eigenvalue weighted by Gasteiger charge is 2.06. The summed E-state index contributed by atoms with van der Waals surface area (Å²) < 4.78 is 5.66. The predicted octanol–water partition coefficient (Wildman–Crippen LogP) is 2.43. The summed E-state index contributed by atoms with van der Waals surface area (Å²) in [6.07, 6.45) is 5.57. The minimum atomic E-state index is 0.534. The van der Waals surface area contributed by atoms with Gasteiger partial charge in [0.2, 0.25) is 0 Å². The van der Waals surface area contributed by atoms with Gasteiger partial charge in [-0.1, -0.05) is 12.1 Å². The number of carbonyl (C=O) groups excluding carboxylic acids is 1. The van der Waals surface area contributed by atoms with Crippen LogP contribution in [0.5, 0.6) is 5.75 Å². The maximum absolute atomic E-state index is 10.2. The van der Waals surface area contributed by atoms with Gasteiger partial charge in [0.25, 0.3) is 0 Å². The molecule has 88 valence electrons. The van der Waals surface area contributed by atoms with E-state index in [9.17, 15) is 4.79 Å². The lowest BCUT2D eigenvalue weighted by molar-refractivity contribution is -0.108. The van der Waals surface area contributed by atoms with Crippen LogP contribution in [0.2, 0.25) is 0 Å². The topological polar surface area (TPSA) is 55.0 Å². The zero-order valence-corrected chi connectivity index (χ0v) is 9.43. The van der Waals surface area contributed by atoms with E-state index in [-0.39, 0.29) is 0 Å². The summed E-state index contributed by atoms with van der Waals surface area (Å²) in [5.74, 6) is 0.808. The van der Waals surface area contributed by atoms with Crippen molar-refractivity contribution < 1.29 is 9.53 Å². The number of rotatable bonds is 6. The second-order valence-corrected chi connectivity index (χ2v) is 3.62. The molecule has 0 aliphatic heterocycles. The molecule has 0 radical (unpaired) electrons. The van der Waals surface area contributed by atoms with Crippen molar-refractivity contribution in [1.29, 1.82) is 0 Å². The molecule has 0 saturated heterocycles. The Morgan fingerprint density at radius 1 is 1.35 bits per heavy atom. The molecule has 1 aromatic carbocycles. The summed E-state index contributed by atoms with van der Waals surface area (Å²) in [6, 6.07) is 7.77. The molecule has 0 amide bonds. The van der Waals surface area contributed by atoms with Crippen LogP contribution in [0.3, 0.4) is 0 Å². The normalized spacial score (nSPS) is 10.1. The number of hydrogen-bond acceptors (Lipinski definition) is 3. The molecule has 1 heterocycles. The van der Waals surface area contributed by atoms with Crippen LogP contribution in [0.1, 0.15) is 12.8 Å². The summed E-state index contributed by atoms with van der Waals surface area (Å²) >= 11 is 0. The fraction of sp³-hybridized carbons (Fsp3) is 0.231. The Morgan fingerprint density at radius 2 is 2.24 bits per heavy atom. The first-order valence-electron chi connectivity index (χ1n) is 5.56. The second kappa shape index (κ2) is 5.84. The Hall–Kier alpha value is -2.10. The molecule has 17 heavy (non-hydrogen) atoms. The molecule has 0 unspecified atom stereocenters. The lowest BCUT2D eigenvalue weighted by Crippen LogP contribution is -1.99. The number of aldehydes is 1. The maximum atomic E-state index is 10.2. The molecular formula is C13H14N2O2. The molecule has 0 atom stereocenters. The minimum absolute atomic E-state index is 0.534. The number of nitrogens with zero attached hydrogens (tertiary/aromatic N) is 1. The van der Waals surface area contributed by atoms with Crippen molar-refractivity contribution in [3.8, 4) is 17.0 Å². The van der Waals surface area contributed by atoms with Gasteiger partial charge < -0.3 is 14.5 Å². The van der Waals surface area contributed by atoms with Crippen LogP contribution in [0, 0.1) is 0 Å². The van der Waals surface area contributed by atoms with Crippen LogP contribution in [0.15, 0.2) is 36.8 Å². The van der Waals surface area contributed by atoms with Crippen molar-refractivity contribution in [1.82, 2.24) is 9.97 Å². The molecule has 2 rings (SSSR count). The van der Waals surface area contributed by atoms with Crippen molar-refractivity contribution in [3.05, 3.63) is 36.8 Å². The minimum Gasteiger partial charge on any atom is -0.493 e. The molecule has 4 nitrogen and oxygen atoms in total. The van der Waals surface area contributed by atoms with E-state index >= 15 is 0 Å². The van der Waals surface area contributed by atoms with Gasteiger partial charge in [0.05, 0.1) is 24.8 Å². The van der Waals surface area contributed by atoms with Crippen LogP contribution >= 0.6 is 0 Å². The summed E-state index contributed by atoms with van der Waals surface area (Å²) in [5, 5.41) is 0. The fourth-order valence-corrected chi connectivity index (χ4v) is 1.57. The lowest BCUT2D eigenvalue weighted by atomic mass is 10.1. The van der Waals surface area contributed by atoms with Crippen LogP contribution in [-0.2, 0) is 4.79 Å². The highest BCUT2D eigenvalue weighted by Crippen LogP contribution is 2.27. The van der Waals surface area contributed by atoms with E-state index < -0.39 is 0 Å². The number of para-hydroxylation sites is 1. The number of ether oxygens (including phenoxy) is 1. The Morgan fingerprint density at radius 3 is 3.00 bits per heavy atom. The van der Waals surface area contributed by atoms with Crippen molar-refractivity contribution in [3.63, 3.8) is 0 Å². The predicted molar refractivity (Wildman–Crippen MR) is 64.8 cm³/mol. The third-order valence-corrected chi connectivity index (χ3v) is 2.40. The number of aromatic amines is 1. The maximum Gasteiger partial charge on any atom is 0.128 e. The zero-order valence-electron chi connectivity index (χ0n) is 9.43. The summed E-state index contributed by atoms with van der Waals surface area (Å²) in [7, 11) is 0. The molecule has 1 N–H and O–H groups in total. The van der Waals surface area contributed by atoms with E-state index in [0.29, 0.717) is 13.0 Å². The second-order valence-electron chi connectivity index (χ2n) is 3.62. The van der Waals surface area contributed by atoms with Crippen LogP contribution in [-0.4, -0.2) is 22.9 Å². The SMILES string of the molecule is O=CCCCOc1ccccc1-c1cnc[nH]1. The van der Waals surface area contributed by atoms with Crippen molar-refractivity contribution in [2.75, 3.05) is 6.61 Å². The quantitative estimate of drug-likeness (QED) is 0.612. The molecule has 4 heteroatoms. The van der Waals surface area contributed by atoms with Gasteiger partial charge >= 0.3 is 0 Å². The fourth-order valence-electron chi connectivity index (χ4n) is 1.57. The third-order valence-electron chi connectivity index (χ3n) is 2.40. The number of imidazole rings is 1. The molecule has 2 aromatic rings. The molecule has 0 aliphatic carbocycles. The summed E-state index contributed by atoms with van der Waals surface area (Å²) in [6.45, 7) is 0.546. The van der Waals surface area contributed by atoms with Gasteiger partial charge in [-0.25, -0.2) is 4.98 Å². The van der Waals surface area contributed by atoms with E-state index in [1.165, 1.54) is 0 Å². The Bertz CT molecular complexity index is 466. The highest BCUT2D eigenvalue weighted by molar-refractivity contribution is 5.66. The number of unbranched alkanes of at least 4 members (excludes halogenated alkanes) is 1. The first-order valence-corrected chi connectivity index (χ1v) is 5.56. The average molecular weight is 230 g/mol. The van der Waals surface area contributed by atoms with Gasteiger partial charge in [-0.3, -0.25) is 0 Å². The largest absolute Gasteiger partial charge is 0.493 e. The number of H-pyrrole nitrogens is 1. The molecular weight excluding hydrogens is 216 g/mol. The molecule has 0 saturated carbocycles. The summed E-state index contributed by atoms with van der Waals surface area (Å²) in [4.78, 5) is 17.2. The van der Waals surface area contributed by atoms with E-state index in [2.05, 4.69) is 9.97 Å². The molecule has 0 spiro atoms. The van der Waals surface area contributed by atoms with Crippen molar-refractivity contribution in [2.24, 2.45) is 0 Å². The molecule has 1 aromatic heterocycles.